The van der Waals surface area contributed by atoms with Crippen LogP contribution in [0, 0.1) is 10.1 Å². The van der Waals surface area contributed by atoms with Crippen LogP contribution in [0.1, 0.15) is 36.8 Å². The lowest BCUT2D eigenvalue weighted by Crippen LogP contribution is -2.19. The molecule has 1 aromatic carbocycles. The summed E-state index contributed by atoms with van der Waals surface area (Å²) in [5.41, 5.74) is 0.294. The number of nitrogens with zero attached hydrogens (tertiary/aromatic N) is 2. The molecule has 21 heavy (non-hydrogen) atoms. The molecule has 0 atom stereocenters. The van der Waals surface area contributed by atoms with E-state index in [4.69, 9.17) is 9.26 Å². The van der Waals surface area contributed by atoms with E-state index in [-0.39, 0.29) is 22.4 Å². The van der Waals surface area contributed by atoms with Gasteiger partial charge in [0.1, 0.15) is 23.3 Å². The number of non-ortho nitro benzene ring substituents is 1. The lowest BCUT2D eigenvalue weighted by molar-refractivity contribution is -0.384. The number of hydrogen-bond donors (Lipinski definition) is 0. The van der Waals surface area contributed by atoms with Gasteiger partial charge in [-0.05, 0) is 12.1 Å². The maximum Gasteiger partial charge on any atom is 0.348 e. The largest absolute Gasteiger partial charge is 0.423 e. The summed E-state index contributed by atoms with van der Waals surface area (Å²) in [5, 5.41) is 14.4. The van der Waals surface area contributed by atoms with Gasteiger partial charge in [0, 0.05) is 17.5 Å². The molecule has 0 N–H and O–H groups in total. The number of hydrogen-bond acceptors (Lipinski definition) is 6. The van der Waals surface area contributed by atoms with E-state index >= 15 is 0 Å². The van der Waals surface area contributed by atoms with Crippen LogP contribution in [-0.4, -0.2) is 16.0 Å². The molecule has 7 nitrogen and oxygen atoms in total. The average molecular weight is 290 g/mol. The summed E-state index contributed by atoms with van der Waals surface area (Å²) in [6.45, 7) is 5.69. The van der Waals surface area contributed by atoms with Gasteiger partial charge in [0.25, 0.3) is 5.69 Å². The van der Waals surface area contributed by atoms with Crippen LogP contribution in [0.4, 0.5) is 5.69 Å². The van der Waals surface area contributed by atoms with Crippen molar-refractivity contribution in [2.24, 2.45) is 0 Å². The summed E-state index contributed by atoms with van der Waals surface area (Å²) >= 11 is 0. The average Bonchev–Trinajstić information content (AvgIpc) is 2.88. The van der Waals surface area contributed by atoms with Crippen LogP contribution in [0.5, 0.6) is 5.75 Å². The first kappa shape index (κ1) is 14.7. The Hall–Kier alpha value is -2.70. The van der Waals surface area contributed by atoms with Crippen LogP contribution >= 0.6 is 0 Å². The van der Waals surface area contributed by atoms with Crippen molar-refractivity contribution >= 4 is 11.7 Å². The second kappa shape index (κ2) is 5.35. The van der Waals surface area contributed by atoms with Gasteiger partial charge in [0.05, 0.1) is 4.92 Å². The highest BCUT2D eigenvalue weighted by molar-refractivity contribution is 5.92. The van der Waals surface area contributed by atoms with Gasteiger partial charge in [0.15, 0.2) is 0 Å². The van der Waals surface area contributed by atoms with E-state index in [0.29, 0.717) is 5.69 Å². The molecule has 2 rings (SSSR count). The summed E-state index contributed by atoms with van der Waals surface area (Å²) in [4.78, 5) is 22.1. The van der Waals surface area contributed by atoms with Crippen molar-refractivity contribution in [1.82, 2.24) is 5.16 Å². The first-order valence-corrected chi connectivity index (χ1v) is 6.20. The van der Waals surface area contributed by atoms with Gasteiger partial charge in [-0.1, -0.05) is 25.9 Å². The van der Waals surface area contributed by atoms with E-state index in [2.05, 4.69) is 5.16 Å². The molecule has 0 saturated heterocycles. The SMILES string of the molecule is CC(C)(C)c1nocc1C(=O)Oc1ccc([N+](=O)[O-])cc1. The molecule has 0 unspecified atom stereocenters. The highest BCUT2D eigenvalue weighted by Crippen LogP contribution is 2.26. The highest BCUT2D eigenvalue weighted by Gasteiger charge is 2.27. The maximum atomic E-state index is 12.1. The molecular weight excluding hydrogens is 276 g/mol. The molecule has 0 aliphatic heterocycles. The van der Waals surface area contributed by atoms with Gasteiger partial charge in [-0.3, -0.25) is 10.1 Å². The number of rotatable bonds is 3. The number of carbonyl (C=O) groups excluding carboxylic acids is 1. The molecule has 7 heteroatoms. The molecule has 0 spiro atoms. The van der Waals surface area contributed by atoms with Crippen molar-refractivity contribution in [3.8, 4) is 5.75 Å². The quantitative estimate of drug-likeness (QED) is 0.373. The molecule has 0 bridgehead atoms. The van der Waals surface area contributed by atoms with Crippen molar-refractivity contribution in [3.63, 3.8) is 0 Å². The lowest BCUT2D eigenvalue weighted by atomic mass is 9.89. The molecule has 0 radical (unpaired) electrons. The van der Waals surface area contributed by atoms with Crippen molar-refractivity contribution in [2.75, 3.05) is 0 Å². The summed E-state index contributed by atoms with van der Waals surface area (Å²) in [6, 6.07) is 5.25. The van der Waals surface area contributed by atoms with E-state index < -0.39 is 10.9 Å². The van der Waals surface area contributed by atoms with E-state index in [1.807, 2.05) is 20.8 Å². The summed E-state index contributed by atoms with van der Waals surface area (Å²) in [6.07, 6.45) is 1.23. The predicted molar refractivity (Wildman–Crippen MR) is 73.3 cm³/mol. The van der Waals surface area contributed by atoms with Gasteiger partial charge >= 0.3 is 5.97 Å². The van der Waals surface area contributed by atoms with E-state index in [1.165, 1.54) is 30.5 Å². The summed E-state index contributed by atoms with van der Waals surface area (Å²) in [7, 11) is 0. The Bertz CT molecular complexity index is 667. The van der Waals surface area contributed by atoms with E-state index in [1.54, 1.807) is 0 Å². The molecular formula is C14H14N2O5. The normalized spacial score (nSPS) is 11.2. The molecule has 0 aliphatic carbocycles. The maximum absolute atomic E-state index is 12.1. The van der Waals surface area contributed by atoms with Crippen molar-refractivity contribution in [3.05, 3.63) is 51.9 Å². The minimum absolute atomic E-state index is 0.0739. The number of aromatic nitrogens is 1. The van der Waals surface area contributed by atoms with Crippen LogP contribution in [0.15, 0.2) is 35.1 Å². The second-order valence-corrected chi connectivity index (χ2v) is 5.47. The van der Waals surface area contributed by atoms with Crippen LogP contribution in [0.25, 0.3) is 0 Å². The Morgan fingerprint density at radius 1 is 1.29 bits per heavy atom. The second-order valence-electron chi connectivity index (χ2n) is 5.47. The predicted octanol–water partition coefficient (Wildman–Crippen LogP) is 3.10. The number of nitro benzene ring substituents is 1. The number of carbonyl (C=O) groups is 1. The molecule has 0 amide bonds. The first-order chi connectivity index (χ1) is 9.79. The molecule has 0 aliphatic rings. The smallest absolute Gasteiger partial charge is 0.348 e. The van der Waals surface area contributed by atoms with Crippen LogP contribution < -0.4 is 4.74 Å². The molecule has 110 valence electrons. The Kier molecular flexibility index (Phi) is 3.75. The van der Waals surface area contributed by atoms with Crippen LogP contribution in [-0.2, 0) is 5.41 Å². The Balaban J connectivity index is 2.19. The third kappa shape index (κ3) is 3.25. The highest BCUT2D eigenvalue weighted by atomic mass is 16.6. The van der Waals surface area contributed by atoms with Crippen molar-refractivity contribution in [1.29, 1.82) is 0 Å². The third-order valence-corrected chi connectivity index (χ3v) is 2.76. The van der Waals surface area contributed by atoms with E-state index in [9.17, 15) is 14.9 Å². The molecule has 1 heterocycles. The zero-order chi connectivity index (χ0) is 15.6. The van der Waals surface area contributed by atoms with Gasteiger partial charge < -0.3 is 9.26 Å². The van der Waals surface area contributed by atoms with Crippen molar-refractivity contribution in [2.45, 2.75) is 26.2 Å². The van der Waals surface area contributed by atoms with Crippen molar-refractivity contribution < 1.29 is 19.0 Å². The Morgan fingerprint density at radius 3 is 2.43 bits per heavy atom. The summed E-state index contributed by atoms with van der Waals surface area (Å²) in [5.74, 6) is -0.401. The number of nitro groups is 1. The lowest BCUT2D eigenvalue weighted by Gasteiger charge is -2.15. The molecule has 0 fully saturated rings. The van der Waals surface area contributed by atoms with Crippen LogP contribution in [0.2, 0.25) is 0 Å². The third-order valence-electron chi connectivity index (χ3n) is 2.76. The molecule has 1 aromatic heterocycles. The van der Waals surface area contributed by atoms with Gasteiger partial charge in [-0.2, -0.15) is 0 Å². The topological polar surface area (TPSA) is 95.5 Å². The fourth-order valence-electron chi connectivity index (χ4n) is 1.72. The zero-order valence-corrected chi connectivity index (χ0v) is 11.8. The minimum Gasteiger partial charge on any atom is -0.423 e. The Labute approximate surface area is 120 Å². The monoisotopic (exact) mass is 290 g/mol. The fourth-order valence-corrected chi connectivity index (χ4v) is 1.72. The van der Waals surface area contributed by atoms with Gasteiger partial charge in [0.2, 0.25) is 0 Å². The minimum atomic E-state index is -0.616. The number of benzene rings is 1. The molecule has 0 saturated carbocycles. The van der Waals surface area contributed by atoms with Crippen LogP contribution in [0.3, 0.4) is 0 Å². The molecule has 2 aromatic rings. The van der Waals surface area contributed by atoms with E-state index in [0.717, 1.165) is 0 Å². The first-order valence-electron chi connectivity index (χ1n) is 6.20. The Morgan fingerprint density at radius 2 is 1.90 bits per heavy atom. The summed E-state index contributed by atoms with van der Waals surface area (Å²) < 4.78 is 10.0. The fraction of sp³-hybridized carbons (Fsp3) is 0.286. The number of esters is 1. The van der Waals surface area contributed by atoms with Gasteiger partial charge in [-0.15, -0.1) is 0 Å². The number of ether oxygens (including phenoxy) is 1. The zero-order valence-electron chi connectivity index (χ0n) is 11.8. The van der Waals surface area contributed by atoms with Gasteiger partial charge in [-0.25, -0.2) is 4.79 Å². The standard InChI is InChI=1S/C14H14N2O5/c1-14(2,3)12-11(8-20-15-12)13(17)21-10-6-4-9(5-7-10)16(18)19/h4-8H,1-3H3.